The number of halogens is 1. The van der Waals surface area contributed by atoms with Crippen LogP contribution in [0.2, 0.25) is 0 Å². The molecule has 144 valence electrons. The molecule has 8 nitrogen and oxygen atoms in total. The Bertz CT molecular complexity index is 827. The number of hydrogen-bond donors (Lipinski definition) is 3. The van der Waals surface area contributed by atoms with E-state index in [9.17, 15) is 9.18 Å². The van der Waals surface area contributed by atoms with Crippen LogP contribution in [-0.2, 0) is 4.79 Å². The van der Waals surface area contributed by atoms with Crippen molar-refractivity contribution in [2.45, 2.75) is 13.3 Å². The van der Waals surface area contributed by atoms with E-state index in [0.29, 0.717) is 13.0 Å². The molecule has 1 aromatic heterocycles. The molecule has 0 spiro atoms. The standard InChI is InChI=1S/C18H23FN6O2/c1-4-11(9-25(2)3)17(21)18(26)24-15-8-16(23-10-22-15)27-14-6-5-12(20)7-13(14)19/h5-8,10-11,21H,4,9,20H2,1-3H3,(H,22,23,24,26)/t11-/m1/s1. The number of rotatable bonds is 8. The monoisotopic (exact) mass is 374 g/mol. The molecule has 1 atom stereocenters. The molecule has 1 aromatic carbocycles. The maximum Gasteiger partial charge on any atom is 0.270 e. The van der Waals surface area contributed by atoms with Gasteiger partial charge in [0.1, 0.15) is 17.9 Å². The van der Waals surface area contributed by atoms with Gasteiger partial charge in [-0.2, -0.15) is 0 Å². The molecule has 0 fully saturated rings. The van der Waals surface area contributed by atoms with Crippen LogP contribution in [0.15, 0.2) is 30.6 Å². The van der Waals surface area contributed by atoms with Gasteiger partial charge in [0.2, 0.25) is 5.88 Å². The molecule has 2 aromatic rings. The zero-order valence-corrected chi connectivity index (χ0v) is 15.5. The van der Waals surface area contributed by atoms with Crippen LogP contribution in [0.5, 0.6) is 11.6 Å². The van der Waals surface area contributed by atoms with E-state index < -0.39 is 11.7 Å². The van der Waals surface area contributed by atoms with Crippen LogP contribution in [-0.4, -0.2) is 47.1 Å². The smallest absolute Gasteiger partial charge is 0.270 e. The highest BCUT2D eigenvalue weighted by Gasteiger charge is 2.21. The van der Waals surface area contributed by atoms with Crippen molar-refractivity contribution in [3.8, 4) is 11.6 Å². The molecule has 1 heterocycles. The Labute approximate surface area is 157 Å². The minimum atomic E-state index is -0.629. The molecule has 0 radical (unpaired) electrons. The lowest BCUT2D eigenvalue weighted by Gasteiger charge is -2.19. The largest absolute Gasteiger partial charge is 0.436 e. The molecule has 0 saturated carbocycles. The molecule has 4 N–H and O–H groups in total. The summed E-state index contributed by atoms with van der Waals surface area (Å²) >= 11 is 0. The molecule has 27 heavy (non-hydrogen) atoms. The van der Waals surface area contributed by atoms with Gasteiger partial charge in [0.15, 0.2) is 11.6 Å². The zero-order valence-electron chi connectivity index (χ0n) is 15.5. The fourth-order valence-electron chi connectivity index (χ4n) is 2.41. The highest BCUT2D eigenvalue weighted by atomic mass is 19.1. The summed E-state index contributed by atoms with van der Waals surface area (Å²) in [6, 6.07) is 5.37. The predicted octanol–water partition coefficient (Wildman–Crippen LogP) is 2.54. The zero-order chi connectivity index (χ0) is 20.0. The third kappa shape index (κ3) is 5.71. The summed E-state index contributed by atoms with van der Waals surface area (Å²) in [6.45, 7) is 2.52. The molecule has 2 rings (SSSR count). The van der Waals surface area contributed by atoms with Crippen molar-refractivity contribution >= 4 is 23.1 Å². The van der Waals surface area contributed by atoms with Gasteiger partial charge in [-0.25, -0.2) is 14.4 Å². The first-order valence-corrected chi connectivity index (χ1v) is 8.39. The van der Waals surface area contributed by atoms with E-state index in [-0.39, 0.29) is 34.8 Å². The normalized spacial score (nSPS) is 11.9. The van der Waals surface area contributed by atoms with E-state index in [0.717, 1.165) is 6.07 Å². The lowest BCUT2D eigenvalue weighted by molar-refractivity contribution is -0.110. The number of nitrogen functional groups attached to an aromatic ring is 1. The molecule has 0 bridgehead atoms. The number of amides is 1. The summed E-state index contributed by atoms with van der Waals surface area (Å²) < 4.78 is 19.2. The quantitative estimate of drug-likeness (QED) is 0.483. The van der Waals surface area contributed by atoms with Gasteiger partial charge >= 0.3 is 0 Å². The molecule has 0 aliphatic rings. The van der Waals surface area contributed by atoms with Crippen LogP contribution in [0.4, 0.5) is 15.9 Å². The van der Waals surface area contributed by atoms with E-state index in [4.69, 9.17) is 15.9 Å². The van der Waals surface area contributed by atoms with Crippen molar-refractivity contribution in [2.75, 3.05) is 31.7 Å². The Morgan fingerprint density at radius 3 is 2.74 bits per heavy atom. The number of ether oxygens (including phenoxy) is 1. The van der Waals surface area contributed by atoms with Gasteiger partial charge in [-0.3, -0.25) is 10.2 Å². The van der Waals surface area contributed by atoms with Crippen LogP contribution in [0.25, 0.3) is 0 Å². The van der Waals surface area contributed by atoms with Gasteiger partial charge in [-0.1, -0.05) is 6.92 Å². The average Bonchev–Trinajstić information content (AvgIpc) is 2.61. The van der Waals surface area contributed by atoms with Crippen molar-refractivity contribution in [2.24, 2.45) is 5.92 Å². The van der Waals surface area contributed by atoms with Gasteiger partial charge in [-0.05, 0) is 32.6 Å². The highest BCUT2D eigenvalue weighted by Crippen LogP contribution is 2.25. The Morgan fingerprint density at radius 2 is 2.11 bits per heavy atom. The maximum atomic E-state index is 13.8. The molecule has 9 heteroatoms. The van der Waals surface area contributed by atoms with E-state index >= 15 is 0 Å². The summed E-state index contributed by atoms with van der Waals surface area (Å²) in [6.07, 6.45) is 1.85. The number of carbonyl (C=O) groups is 1. The Kier molecular flexibility index (Phi) is 6.78. The Morgan fingerprint density at radius 1 is 1.37 bits per heavy atom. The van der Waals surface area contributed by atoms with Crippen molar-refractivity contribution in [1.29, 1.82) is 5.41 Å². The number of hydrogen-bond acceptors (Lipinski definition) is 7. The van der Waals surface area contributed by atoms with Gasteiger partial charge in [-0.15, -0.1) is 0 Å². The number of anilines is 2. The van der Waals surface area contributed by atoms with E-state index in [1.807, 2.05) is 25.9 Å². The van der Waals surface area contributed by atoms with Crippen molar-refractivity contribution in [3.63, 3.8) is 0 Å². The fourth-order valence-corrected chi connectivity index (χ4v) is 2.41. The van der Waals surface area contributed by atoms with Crippen molar-refractivity contribution in [3.05, 3.63) is 36.4 Å². The topological polar surface area (TPSA) is 117 Å². The summed E-state index contributed by atoms with van der Waals surface area (Å²) in [5, 5.41) is 10.7. The SMILES string of the molecule is CC[C@H](CN(C)C)C(=N)C(=O)Nc1cc(Oc2ccc(N)cc2F)ncn1. The summed E-state index contributed by atoms with van der Waals surface area (Å²) in [5.41, 5.74) is 5.75. The first-order chi connectivity index (χ1) is 12.8. The number of carbonyl (C=O) groups excluding carboxylic acids is 1. The summed E-state index contributed by atoms with van der Waals surface area (Å²) in [5.74, 6) is -1.21. The minimum Gasteiger partial charge on any atom is -0.436 e. The second-order valence-corrected chi connectivity index (χ2v) is 6.27. The van der Waals surface area contributed by atoms with Crippen molar-refractivity contribution in [1.82, 2.24) is 14.9 Å². The highest BCUT2D eigenvalue weighted by molar-refractivity contribution is 6.42. The molecule has 0 unspecified atom stereocenters. The number of nitrogens with two attached hydrogens (primary N) is 1. The third-order valence-electron chi connectivity index (χ3n) is 3.79. The molecule has 1 amide bonds. The summed E-state index contributed by atoms with van der Waals surface area (Å²) in [4.78, 5) is 22.1. The van der Waals surface area contributed by atoms with E-state index in [2.05, 4.69) is 15.3 Å². The molecule has 0 aliphatic heterocycles. The lowest BCUT2D eigenvalue weighted by Crippen LogP contribution is -2.34. The van der Waals surface area contributed by atoms with Gasteiger partial charge < -0.3 is 20.7 Å². The van der Waals surface area contributed by atoms with E-state index in [1.54, 1.807) is 0 Å². The van der Waals surface area contributed by atoms with Crippen LogP contribution < -0.4 is 15.8 Å². The maximum absolute atomic E-state index is 13.8. The Hall–Kier alpha value is -3.07. The number of nitrogens with zero attached hydrogens (tertiary/aromatic N) is 3. The van der Waals surface area contributed by atoms with Crippen LogP contribution in [0.1, 0.15) is 13.3 Å². The first kappa shape index (κ1) is 20.2. The van der Waals surface area contributed by atoms with Crippen LogP contribution >= 0.6 is 0 Å². The second kappa shape index (κ2) is 9.04. The predicted molar refractivity (Wildman–Crippen MR) is 102 cm³/mol. The molecule has 0 saturated heterocycles. The number of benzene rings is 1. The second-order valence-electron chi connectivity index (χ2n) is 6.27. The van der Waals surface area contributed by atoms with E-state index in [1.165, 1.54) is 24.5 Å². The van der Waals surface area contributed by atoms with Gasteiger partial charge in [0.25, 0.3) is 5.91 Å². The molecular formula is C18H23FN6O2. The molecule has 0 aliphatic carbocycles. The summed E-state index contributed by atoms with van der Waals surface area (Å²) in [7, 11) is 3.77. The fraction of sp³-hybridized carbons (Fsp3) is 0.333. The van der Waals surface area contributed by atoms with Gasteiger partial charge in [0.05, 0.1) is 0 Å². The molecular weight excluding hydrogens is 351 g/mol. The Balaban J connectivity index is 2.08. The van der Waals surface area contributed by atoms with Crippen molar-refractivity contribution < 1.29 is 13.9 Å². The number of aromatic nitrogens is 2. The average molecular weight is 374 g/mol. The lowest BCUT2D eigenvalue weighted by atomic mass is 9.99. The third-order valence-corrected chi connectivity index (χ3v) is 3.79. The minimum absolute atomic E-state index is 0.0307. The number of nitrogens with one attached hydrogen (secondary N) is 2. The van der Waals surface area contributed by atoms with Crippen LogP contribution in [0.3, 0.4) is 0 Å². The first-order valence-electron chi connectivity index (χ1n) is 8.39. The van der Waals surface area contributed by atoms with Crippen LogP contribution in [0, 0.1) is 17.1 Å². The van der Waals surface area contributed by atoms with Gasteiger partial charge in [0, 0.05) is 30.3 Å².